The van der Waals surface area contributed by atoms with E-state index >= 15 is 0 Å². The Labute approximate surface area is 776 Å². The fraction of sp³-hybridized carbons (Fsp3) is 0.586. The fourth-order valence-electron chi connectivity index (χ4n) is 18.0. The molecule has 12 nitrogen and oxygen atoms in total. The van der Waals surface area contributed by atoms with Crippen LogP contribution < -0.4 is 0 Å². The molecule has 706 valence electrons. The number of carbonyl (C=O) groups is 6. The van der Waals surface area contributed by atoms with Crippen LogP contribution in [-0.4, -0.2) is 41.4 Å². The summed E-state index contributed by atoms with van der Waals surface area (Å²) in [5.74, 6) is 2.66. The lowest BCUT2D eigenvalue weighted by Crippen LogP contribution is -2.51. The molecule has 0 heterocycles. The van der Waals surface area contributed by atoms with E-state index in [0.29, 0.717) is 17.8 Å². The molecule has 5 aliphatic rings. The first-order chi connectivity index (χ1) is 59.7. The van der Waals surface area contributed by atoms with Gasteiger partial charge in [-0.25, -0.2) is 0 Å². The van der Waals surface area contributed by atoms with Crippen LogP contribution in [0.1, 0.15) is 381 Å². The molecular weight excluding hydrogens is 1590 g/mol. The van der Waals surface area contributed by atoms with Gasteiger partial charge in [-0.05, 0) is 290 Å². The van der Waals surface area contributed by atoms with Gasteiger partial charge in [-0.15, -0.1) is 0 Å². The van der Waals surface area contributed by atoms with Crippen LogP contribution in [-0.2, 0) is 85.2 Å². The first-order valence-corrected chi connectivity index (χ1v) is 48.5. The molecule has 0 amide bonds. The Bertz CT molecular complexity index is 4340. The predicted octanol–water partition coefficient (Wildman–Crippen LogP) is 31.1. The van der Waals surface area contributed by atoms with Gasteiger partial charge in [0.15, 0.2) is 11.2 Å². The Morgan fingerprint density at radius 3 is 0.867 bits per heavy atom. The van der Waals surface area contributed by atoms with E-state index in [4.69, 9.17) is 28.4 Å². The highest BCUT2D eigenvalue weighted by molar-refractivity contribution is 5.79. The molecule has 12 rings (SSSR count). The second-order valence-corrected chi connectivity index (χ2v) is 41.7. The van der Waals surface area contributed by atoms with Crippen LogP contribution >= 0.6 is 0 Å². The van der Waals surface area contributed by atoms with E-state index in [1.54, 1.807) is 0 Å². The molecule has 128 heavy (non-hydrogen) atoms. The molecule has 5 fully saturated rings. The van der Waals surface area contributed by atoms with Gasteiger partial charge in [0, 0.05) is 17.0 Å². The van der Waals surface area contributed by atoms with Crippen LogP contribution in [0.3, 0.4) is 0 Å². The summed E-state index contributed by atoms with van der Waals surface area (Å²) in [6.45, 7) is 54.1. The normalized spacial score (nSPS) is 17.6. The minimum atomic E-state index is -0.786. The quantitative estimate of drug-likeness (QED) is 0.0284. The molecule has 7 aromatic rings. The monoisotopic (exact) mass is 1760 g/mol. The smallest absolute Gasteiger partial charge is 0.312 e. The molecule has 1 unspecified atom stereocenters. The minimum Gasteiger partial charge on any atom is -0.459 e. The van der Waals surface area contributed by atoms with Gasteiger partial charge in [0.1, 0.15) is 22.4 Å². The van der Waals surface area contributed by atoms with Gasteiger partial charge in [-0.3, -0.25) is 28.8 Å². The average Bonchev–Trinajstić information content (AvgIpc) is 0.735. The van der Waals surface area contributed by atoms with E-state index in [1.165, 1.54) is 57.8 Å². The molecule has 0 aliphatic heterocycles. The Morgan fingerprint density at radius 1 is 0.281 bits per heavy atom. The third kappa shape index (κ3) is 28.7. The Kier molecular flexibility index (Phi) is 41.2. The van der Waals surface area contributed by atoms with Crippen LogP contribution in [0.2, 0.25) is 0 Å². The molecule has 7 aromatic carbocycles. The highest BCUT2D eigenvalue weighted by Crippen LogP contribution is 2.63. The second kappa shape index (κ2) is 48.0. The summed E-state index contributed by atoms with van der Waals surface area (Å²) in [7, 11) is 0. The van der Waals surface area contributed by atoms with Gasteiger partial charge in [0.25, 0.3) is 0 Å². The SMILES string of the molecule is C.CCC(C)(C)C(=O)OC(C)(C)c1ccccc1.CCC(C)(C)C(=O)OC(C)(c1ccccc1)C1CCCCC1.CCC(C)(C)C(=O)OC(C)(c1ccccc1)c1ccccc1.CCC(C)(C)C(=O)OC(CC)(CC)c1ccccc1.CCC(C)(C)C(=O)OC(CC)(c1ccccc1)c1ccccc1.CCC(CC)(CC12CC3CC(CC(C3)C1)C2)OC(=O)C(C)(C)CC. The van der Waals surface area contributed by atoms with Crippen molar-refractivity contribution in [1.82, 2.24) is 0 Å². The zero-order valence-electron chi connectivity index (χ0n) is 83.7. The van der Waals surface area contributed by atoms with E-state index in [2.05, 4.69) is 60.6 Å². The highest BCUT2D eigenvalue weighted by Gasteiger charge is 2.55. The van der Waals surface area contributed by atoms with Crippen molar-refractivity contribution in [3.8, 4) is 0 Å². The van der Waals surface area contributed by atoms with Gasteiger partial charge < -0.3 is 28.4 Å². The number of hydrogen-bond acceptors (Lipinski definition) is 12. The van der Waals surface area contributed by atoms with Crippen LogP contribution in [0.25, 0.3) is 0 Å². The van der Waals surface area contributed by atoms with Crippen molar-refractivity contribution in [2.45, 2.75) is 376 Å². The van der Waals surface area contributed by atoms with Crippen molar-refractivity contribution >= 4 is 35.8 Å². The van der Waals surface area contributed by atoms with Crippen molar-refractivity contribution in [3.63, 3.8) is 0 Å². The topological polar surface area (TPSA) is 158 Å². The molecule has 5 aliphatic carbocycles. The number of hydrogen-bond donors (Lipinski definition) is 0. The van der Waals surface area contributed by atoms with Crippen molar-refractivity contribution < 1.29 is 57.2 Å². The van der Waals surface area contributed by atoms with Crippen LogP contribution in [0.4, 0.5) is 0 Å². The summed E-state index contributed by atoms with van der Waals surface area (Å²) in [6, 6.07) is 70.0. The van der Waals surface area contributed by atoms with Gasteiger partial charge in [-0.2, -0.15) is 0 Å². The van der Waals surface area contributed by atoms with E-state index in [1.807, 2.05) is 339 Å². The zero-order valence-corrected chi connectivity index (χ0v) is 83.7. The first kappa shape index (κ1) is 110. The molecule has 12 heteroatoms. The van der Waals surface area contributed by atoms with Crippen molar-refractivity contribution in [2.75, 3.05) is 0 Å². The summed E-state index contributed by atoms with van der Waals surface area (Å²) < 4.78 is 36.3. The molecule has 0 N–H and O–H groups in total. The molecule has 0 aromatic heterocycles. The summed E-state index contributed by atoms with van der Waals surface area (Å²) in [6.07, 6.45) is 24.7. The largest absolute Gasteiger partial charge is 0.459 e. The summed E-state index contributed by atoms with van der Waals surface area (Å²) in [4.78, 5) is 75.4. The molecule has 0 spiro atoms. The van der Waals surface area contributed by atoms with E-state index in [-0.39, 0.29) is 54.3 Å². The Morgan fingerprint density at radius 2 is 0.555 bits per heavy atom. The summed E-state index contributed by atoms with van der Waals surface area (Å²) >= 11 is 0. The van der Waals surface area contributed by atoms with Crippen LogP contribution in [0.15, 0.2) is 212 Å². The standard InChI is InChI=1S/C22H38O2.C21H26O2.C20H30O2.C20H24O2.C17H26O2.C15H22O2.CH4/c1-6-20(4,5)19(23)24-22(7-2,8-3)15-21-12-16-9-17(13-21)11-18(10-16)14-21;1-5-20(3,4)19(22)23-21(6-2,17-13-9-7-10-14-17)18-15-11-8-12-16-18;2*1-5-19(2,3)18(21)22-20(4,16-12-8-6-9-13-16)17-14-10-7-11-15-17;1-6-16(4,5)15(18)19-17(7-2,8-3)14-12-10-9-11-13-14;1-6-14(2,3)13(16)17-15(4,5)12-10-8-7-9-11-12;/h16-18H,6-15H2,1-5H3;7-16H,5-6H2,1-4H3;6,8-9,12-13,17H,5,7,10-11,14-15H2,1-4H3;6-15H,5H2,1-4H3;9-13H,6-8H2,1-5H3;7-11H,6H2,1-5H3;1H4. The molecule has 4 bridgehead atoms. The Hall–Kier alpha value is -8.64. The second-order valence-electron chi connectivity index (χ2n) is 41.7. The summed E-state index contributed by atoms with van der Waals surface area (Å²) in [5, 5.41) is 0. The molecule has 5 saturated carbocycles. The predicted molar refractivity (Wildman–Crippen MR) is 528 cm³/mol. The lowest BCUT2D eigenvalue weighted by Gasteiger charge is -2.59. The van der Waals surface area contributed by atoms with Gasteiger partial charge in [-0.1, -0.05) is 315 Å². The van der Waals surface area contributed by atoms with Crippen molar-refractivity contribution in [2.24, 2.45) is 61.6 Å². The number of esters is 6. The minimum absolute atomic E-state index is 0. The number of carbonyl (C=O) groups excluding carboxylic acids is 6. The molecule has 0 radical (unpaired) electrons. The highest BCUT2D eigenvalue weighted by atomic mass is 16.6. The lowest BCUT2D eigenvalue weighted by molar-refractivity contribution is -0.182. The molecule has 1 atom stereocenters. The third-order valence-corrected chi connectivity index (χ3v) is 29.9. The number of ether oxygens (including phenoxy) is 6. The van der Waals surface area contributed by atoms with Gasteiger partial charge in [0.05, 0.1) is 32.5 Å². The van der Waals surface area contributed by atoms with Crippen LogP contribution in [0, 0.1) is 61.6 Å². The van der Waals surface area contributed by atoms with E-state index in [0.717, 1.165) is 140 Å². The Balaban J connectivity index is 0.000000273. The van der Waals surface area contributed by atoms with Crippen molar-refractivity contribution in [1.29, 1.82) is 0 Å². The number of rotatable bonds is 33. The van der Waals surface area contributed by atoms with Gasteiger partial charge >= 0.3 is 35.8 Å². The molecule has 0 saturated heterocycles. The first-order valence-electron chi connectivity index (χ1n) is 48.5. The van der Waals surface area contributed by atoms with E-state index < -0.39 is 55.1 Å². The zero-order chi connectivity index (χ0) is 94.6. The number of benzene rings is 7. The third-order valence-electron chi connectivity index (χ3n) is 29.9. The maximum absolute atomic E-state index is 12.8. The van der Waals surface area contributed by atoms with Gasteiger partial charge in [0.2, 0.25) is 0 Å². The van der Waals surface area contributed by atoms with Crippen molar-refractivity contribution in [3.05, 3.63) is 251 Å². The van der Waals surface area contributed by atoms with E-state index in [9.17, 15) is 28.8 Å². The van der Waals surface area contributed by atoms with Crippen LogP contribution in [0.5, 0.6) is 0 Å². The molecular formula is C116H170O12. The maximum Gasteiger partial charge on any atom is 0.312 e. The average molecular weight is 1760 g/mol. The lowest BCUT2D eigenvalue weighted by atomic mass is 9.47. The summed E-state index contributed by atoms with van der Waals surface area (Å²) in [5.41, 5.74) is 1.67. The maximum atomic E-state index is 12.8. The fourth-order valence-corrected chi connectivity index (χ4v) is 18.0.